The fraction of sp³-hybridized carbons (Fsp3) is 0.500. The van der Waals surface area contributed by atoms with E-state index in [9.17, 15) is 4.79 Å². The number of nitrogens with one attached hydrogen (secondary N) is 2. The fourth-order valence-corrected chi connectivity index (χ4v) is 3.22. The lowest BCUT2D eigenvalue weighted by Gasteiger charge is -2.18. The van der Waals surface area contributed by atoms with Crippen molar-refractivity contribution < 1.29 is 14.3 Å². The Morgan fingerprint density at radius 3 is 2.93 bits per heavy atom. The third kappa shape index (κ3) is 5.70. The molecule has 0 radical (unpaired) electrons. The first-order valence-corrected chi connectivity index (χ1v) is 9.34. The van der Waals surface area contributed by atoms with Gasteiger partial charge in [-0.1, -0.05) is 12.1 Å². The van der Waals surface area contributed by atoms with Crippen LogP contribution in [0.2, 0.25) is 0 Å². The predicted molar refractivity (Wildman–Crippen MR) is 110 cm³/mol. The highest BCUT2D eigenvalue weighted by atomic mass is 35.5. The average Bonchev–Trinajstić information content (AvgIpc) is 3.31. The quantitative estimate of drug-likeness (QED) is 0.700. The van der Waals surface area contributed by atoms with E-state index in [0.717, 1.165) is 41.9 Å². The summed E-state index contributed by atoms with van der Waals surface area (Å²) in [6, 6.07) is 5.59. The van der Waals surface area contributed by atoms with E-state index in [1.54, 1.807) is 17.9 Å². The number of hydrogen-bond acceptors (Lipinski definition) is 5. The Labute approximate surface area is 172 Å². The number of likely N-dealkylation sites (N-methyl/N-ethyl adjacent to an activating group) is 1. The van der Waals surface area contributed by atoms with Gasteiger partial charge in [0.1, 0.15) is 18.4 Å². The highest BCUT2D eigenvalue weighted by Gasteiger charge is 2.21. The van der Waals surface area contributed by atoms with Gasteiger partial charge in [-0.2, -0.15) is 5.10 Å². The van der Waals surface area contributed by atoms with Crippen LogP contribution in [-0.4, -0.2) is 42.1 Å². The molecular formula is C20H29ClN4O3. The molecule has 2 atom stereocenters. The lowest BCUT2D eigenvalue weighted by atomic mass is 10.1. The van der Waals surface area contributed by atoms with Crippen molar-refractivity contribution in [3.05, 3.63) is 47.3 Å². The van der Waals surface area contributed by atoms with Crippen molar-refractivity contribution in [2.45, 2.75) is 38.5 Å². The van der Waals surface area contributed by atoms with E-state index in [1.807, 2.05) is 38.4 Å². The van der Waals surface area contributed by atoms with Gasteiger partial charge < -0.3 is 20.1 Å². The Hall–Kier alpha value is -2.09. The van der Waals surface area contributed by atoms with Gasteiger partial charge in [0.2, 0.25) is 5.91 Å². The van der Waals surface area contributed by atoms with Gasteiger partial charge >= 0.3 is 0 Å². The van der Waals surface area contributed by atoms with Crippen LogP contribution in [0.3, 0.4) is 0 Å². The van der Waals surface area contributed by atoms with E-state index in [0.29, 0.717) is 13.2 Å². The first-order chi connectivity index (χ1) is 13.1. The number of amides is 1. The molecule has 2 aromatic rings. The largest absolute Gasteiger partial charge is 0.491 e. The normalized spacial score (nSPS) is 17.0. The molecule has 1 aromatic heterocycles. The van der Waals surface area contributed by atoms with Crippen molar-refractivity contribution in [3.63, 3.8) is 0 Å². The van der Waals surface area contributed by atoms with Gasteiger partial charge in [-0.15, -0.1) is 12.4 Å². The highest BCUT2D eigenvalue weighted by Crippen LogP contribution is 2.22. The summed E-state index contributed by atoms with van der Waals surface area (Å²) in [5, 5.41) is 10.2. The van der Waals surface area contributed by atoms with Crippen molar-refractivity contribution in [2.24, 2.45) is 7.05 Å². The number of nitrogens with zero attached hydrogens (tertiary/aromatic N) is 2. The zero-order chi connectivity index (χ0) is 19.2. The Balaban J connectivity index is 0.00000280. The SMILES string of the molecule is CNC(C(=O)NCc1ccc(C)cc1OCC1CCCO1)c1cnn(C)c1.Cl. The smallest absolute Gasteiger partial charge is 0.242 e. The Kier molecular flexibility index (Phi) is 8.29. The molecule has 1 amide bonds. The first-order valence-electron chi connectivity index (χ1n) is 9.34. The molecule has 2 unspecified atom stereocenters. The number of aryl methyl sites for hydroxylation is 2. The maximum atomic E-state index is 12.6. The summed E-state index contributed by atoms with van der Waals surface area (Å²) in [7, 11) is 3.59. The van der Waals surface area contributed by atoms with Crippen LogP contribution < -0.4 is 15.4 Å². The van der Waals surface area contributed by atoms with Gasteiger partial charge in [0.05, 0.1) is 12.3 Å². The molecule has 0 spiro atoms. The molecule has 2 N–H and O–H groups in total. The second-order valence-electron chi connectivity index (χ2n) is 6.94. The molecular weight excluding hydrogens is 380 g/mol. The molecule has 1 saturated heterocycles. The molecule has 1 aliphatic heterocycles. The summed E-state index contributed by atoms with van der Waals surface area (Å²) in [4.78, 5) is 12.6. The Morgan fingerprint density at radius 1 is 1.46 bits per heavy atom. The van der Waals surface area contributed by atoms with Gasteiger partial charge in [-0.25, -0.2) is 0 Å². The Morgan fingerprint density at radius 2 is 2.29 bits per heavy atom. The number of benzene rings is 1. The average molecular weight is 409 g/mol. The van der Waals surface area contributed by atoms with E-state index in [-0.39, 0.29) is 24.4 Å². The predicted octanol–water partition coefficient (Wildman–Crippen LogP) is 2.29. The van der Waals surface area contributed by atoms with E-state index in [1.165, 1.54) is 0 Å². The highest BCUT2D eigenvalue weighted by molar-refractivity contribution is 5.85. The van der Waals surface area contributed by atoms with Gasteiger partial charge in [0.25, 0.3) is 0 Å². The minimum Gasteiger partial charge on any atom is -0.491 e. The summed E-state index contributed by atoms with van der Waals surface area (Å²) in [5.74, 6) is 0.698. The number of carbonyl (C=O) groups is 1. The third-order valence-corrected chi connectivity index (χ3v) is 4.73. The summed E-state index contributed by atoms with van der Waals surface area (Å²) in [6.45, 7) is 3.78. The number of halogens is 1. The van der Waals surface area contributed by atoms with Crippen LogP contribution >= 0.6 is 12.4 Å². The molecule has 154 valence electrons. The standard InChI is InChI=1S/C20H28N4O3.ClH/c1-14-6-7-15(18(9-14)27-13-17-5-4-8-26-17)10-22-20(25)19(21-2)16-11-23-24(3)12-16;/h6-7,9,11-12,17,19,21H,4-5,8,10,13H2,1-3H3,(H,22,25);1H. The number of carbonyl (C=O) groups excluding carboxylic acids is 1. The fourth-order valence-electron chi connectivity index (χ4n) is 3.22. The zero-order valence-corrected chi connectivity index (χ0v) is 17.4. The monoisotopic (exact) mass is 408 g/mol. The topological polar surface area (TPSA) is 77.4 Å². The Bertz CT molecular complexity index is 775. The van der Waals surface area contributed by atoms with Crippen molar-refractivity contribution in [3.8, 4) is 5.75 Å². The second-order valence-corrected chi connectivity index (χ2v) is 6.94. The van der Waals surface area contributed by atoms with Gasteiger partial charge in [-0.3, -0.25) is 9.48 Å². The summed E-state index contributed by atoms with van der Waals surface area (Å²) < 4.78 is 13.3. The molecule has 7 nitrogen and oxygen atoms in total. The molecule has 28 heavy (non-hydrogen) atoms. The van der Waals surface area contributed by atoms with Crippen LogP contribution in [0.1, 0.15) is 35.6 Å². The van der Waals surface area contributed by atoms with Crippen LogP contribution in [0.15, 0.2) is 30.6 Å². The first kappa shape index (κ1) is 22.2. The molecule has 1 fully saturated rings. The molecule has 2 heterocycles. The summed E-state index contributed by atoms with van der Waals surface area (Å²) in [5.41, 5.74) is 2.90. The van der Waals surface area contributed by atoms with Crippen molar-refractivity contribution >= 4 is 18.3 Å². The van der Waals surface area contributed by atoms with Gasteiger partial charge in [-0.05, 0) is 38.4 Å². The van der Waals surface area contributed by atoms with Crippen LogP contribution in [0, 0.1) is 6.92 Å². The van der Waals surface area contributed by atoms with Gasteiger partial charge in [0.15, 0.2) is 0 Å². The molecule has 8 heteroatoms. The van der Waals surface area contributed by atoms with Crippen molar-refractivity contribution in [2.75, 3.05) is 20.3 Å². The van der Waals surface area contributed by atoms with Crippen molar-refractivity contribution in [1.82, 2.24) is 20.4 Å². The number of aromatic nitrogens is 2. The maximum absolute atomic E-state index is 12.6. The summed E-state index contributed by atoms with van der Waals surface area (Å²) in [6.07, 6.45) is 5.82. The third-order valence-electron chi connectivity index (χ3n) is 4.73. The molecule has 1 aromatic carbocycles. The van der Waals surface area contributed by atoms with Crippen LogP contribution in [0.4, 0.5) is 0 Å². The molecule has 0 aliphatic carbocycles. The van der Waals surface area contributed by atoms with Crippen LogP contribution in [0.5, 0.6) is 5.75 Å². The second kappa shape index (κ2) is 10.5. The molecule has 3 rings (SSSR count). The zero-order valence-electron chi connectivity index (χ0n) is 16.6. The van der Waals surface area contributed by atoms with E-state index >= 15 is 0 Å². The van der Waals surface area contributed by atoms with Gasteiger partial charge in [0, 0.05) is 37.5 Å². The van der Waals surface area contributed by atoms with Crippen LogP contribution in [-0.2, 0) is 23.1 Å². The minimum atomic E-state index is -0.444. The molecule has 0 bridgehead atoms. The lowest BCUT2D eigenvalue weighted by molar-refractivity contribution is -0.123. The number of hydrogen-bond donors (Lipinski definition) is 2. The maximum Gasteiger partial charge on any atom is 0.242 e. The number of rotatable bonds is 8. The van der Waals surface area contributed by atoms with Crippen LogP contribution in [0.25, 0.3) is 0 Å². The van der Waals surface area contributed by atoms with E-state index in [2.05, 4.69) is 15.7 Å². The summed E-state index contributed by atoms with van der Waals surface area (Å²) >= 11 is 0. The minimum absolute atomic E-state index is 0. The molecule has 0 saturated carbocycles. The number of ether oxygens (including phenoxy) is 2. The lowest BCUT2D eigenvalue weighted by Crippen LogP contribution is -2.35. The van der Waals surface area contributed by atoms with E-state index in [4.69, 9.17) is 9.47 Å². The van der Waals surface area contributed by atoms with E-state index < -0.39 is 6.04 Å². The molecule has 1 aliphatic rings. The van der Waals surface area contributed by atoms with Crippen molar-refractivity contribution in [1.29, 1.82) is 0 Å².